The summed E-state index contributed by atoms with van der Waals surface area (Å²) in [5.74, 6) is 1.50. The van der Waals surface area contributed by atoms with Crippen LogP contribution in [0.15, 0.2) is 18.5 Å². The maximum Gasteiger partial charge on any atom is 0.225 e. The normalized spacial score (nSPS) is 8.58. The Bertz CT molecular complexity index is 253. The molecule has 0 saturated heterocycles. The highest BCUT2D eigenvalue weighted by molar-refractivity contribution is 5.34. The van der Waals surface area contributed by atoms with Gasteiger partial charge in [-0.2, -0.15) is 0 Å². The van der Waals surface area contributed by atoms with Crippen LogP contribution in [0.5, 0.6) is 11.5 Å². The Labute approximate surface area is 89.3 Å². The minimum absolute atomic E-state index is 0. The van der Waals surface area contributed by atoms with Crippen molar-refractivity contribution in [3.05, 3.63) is 18.5 Å². The molecule has 3 nitrogen and oxygen atoms in total. The van der Waals surface area contributed by atoms with E-state index in [1.807, 2.05) is 30.1 Å². The van der Waals surface area contributed by atoms with Gasteiger partial charge in [0.15, 0.2) is 11.9 Å². The van der Waals surface area contributed by atoms with Gasteiger partial charge in [-0.3, -0.25) is 0 Å². The molecule has 0 spiro atoms. The zero-order valence-corrected chi connectivity index (χ0v) is 9.53. The van der Waals surface area contributed by atoms with E-state index < -0.39 is 0 Å². The standard InChI is InChI=1S/C8H12NO2.HI/c1-9-5-4-7(10-2)8(6-9)11-3;/h4-6H,1-3H3;1H/q+1;/p-1. The molecule has 0 saturated carbocycles. The van der Waals surface area contributed by atoms with Crippen LogP contribution in [0.2, 0.25) is 0 Å². The number of hydrogen-bond donors (Lipinski definition) is 0. The van der Waals surface area contributed by atoms with Crippen LogP contribution in [0, 0.1) is 0 Å². The van der Waals surface area contributed by atoms with Crippen LogP contribution < -0.4 is 38.0 Å². The van der Waals surface area contributed by atoms with Gasteiger partial charge in [0, 0.05) is 6.07 Å². The molecule has 0 bridgehead atoms. The lowest BCUT2D eigenvalue weighted by Gasteiger charge is -2.03. The molecule has 0 aliphatic rings. The molecular weight excluding hydrogens is 269 g/mol. The summed E-state index contributed by atoms with van der Waals surface area (Å²) in [6, 6.07) is 1.86. The van der Waals surface area contributed by atoms with E-state index in [1.54, 1.807) is 14.2 Å². The molecule has 1 aromatic heterocycles. The van der Waals surface area contributed by atoms with Crippen LogP contribution in [0.3, 0.4) is 0 Å². The number of aromatic nitrogens is 1. The van der Waals surface area contributed by atoms with Crippen molar-refractivity contribution >= 4 is 0 Å². The molecule has 0 aromatic carbocycles. The second-order valence-corrected chi connectivity index (χ2v) is 2.25. The van der Waals surface area contributed by atoms with Gasteiger partial charge in [0.25, 0.3) is 0 Å². The Morgan fingerprint density at radius 1 is 1.17 bits per heavy atom. The molecule has 0 aliphatic heterocycles. The summed E-state index contributed by atoms with van der Waals surface area (Å²) in [5, 5.41) is 0. The molecule has 1 rings (SSSR count). The van der Waals surface area contributed by atoms with E-state index >= 15 is 0 Å². The third-order valence-corrected chi connectivity index (χ3v) is 1.46. The summed E-state index contributed by atoms with van der Waals surface area (Å²) in [4.78, 5) is 0. The van der Waals surface area contributed by atoms with Crippen LogP contribution in [0.4, 0.5) is 0 Å². The summed E-state index contributed by atoms with van der Waals surface area (Å²) in [7, 11) is 5.18. The van der Waals surface area contributed by atoms with Gasteiger partial charge in [0.2, 0.25) is 11.9 Å². The lowest BCUT2D eigenvalue weighted by Crippen LogP contribution is -3.00. The molecule has 1 heterocycles. The molecule has 0 atom stereocenters. The fraction of sp³-hybridized carbons (Fsp3) is 0.375. The largest absolute Gasteiger partial charge is 1.00 e. The molecule has 68 valence electrons. The van der Waals surface area contributed by atoms with Crippen LogP contribution in [-0.2, 0) is 7.05 Å². The number of hydrogen-bond acceptors (Lipinski definition) is 2. The smallest absolute Gasteiger partial charge is 0.225 e. The summed E-state index contributed by atoms with van der Waals surface area (Å²) in [6.07, 6.45) is 3.76. The van der Waals surface area contributed by atoms with Crippen molar-refractivity contribution < 1.29 is 38.0 Å². The third kappa shape index (κ3) is 2.51. The second-order valence-electron chi connectivity index (χ2n) is 2.25. The van der Waals surface area contributed by atoms with E-state index in [1.165, 1.54) is 0 Å². The van der Waals surface area contributed by atoms with Crippen LogP contribution in [-0.4, -0.2) is 14.2 Å². The topological polar surface area (TPSA) is 22.3 Å². The van der Waals surface area contributed by atoms with Gasteiger partial charge in [0.1, 0.15) is 7.05 Å². The van der Waals surface area contributed by atoms with E-state index in [0.717, 1.165) is 11.5 Å². The van der Waals surface area contributed by atoms with Gasteiger partial charge in [-0.05, 0) is 0 Å². The summed E-state index contributed by atoms with van der Waals surface area (Å²) < 4.78 is 12.0. The molecule has 0 aliphatic carbocycles. The van der Waals surface area contributed by atoms with E-state index in [2.05, 4.69) is 0 Å². The number of pyridine rings is 1. The molecule has 0 unspecified atom stereocenters. The van der Waals surface area contributed by atoms with Crippen LogP contribution >= 0.6 is 0 Å². The minimum atomic E-state index is 0. The van der Waals surface area contributed by atoms with Crippen molar-refractivity contribution in [3.63, 3.8) is 0 Å². The first-order valence-corrected chi connectivity index (χ1v) is 3.35. The Morgan fingerprint density at radius 2 is 1.75 bits per heavy atom. The van der Waals surface area contributed by atoms with Gasteiger partial charge in [-0.25, -0.2) is 4.57 Å². The highest BCUT2D eigenvalue weighted by Gasteiger charge is 2.06. The third-order valence-electron chi connectivity index (χ3n) is 1.46. The molecule has 0 fully saturated rings. The van der Waals surface area contributed by atoms with Crippen molar-refractivity contribution in [2.45, 2.75) is 0 Å². The maximum atomic E-state index is 5.07. The average molecular weight is 281 g/mol. The molecule has 12 heavy (non-hydrogen) atoms. The Kier molecular flexibility index (Phi) is 4.96. The number of halogens is 1. The van der Waals surface area contributed by atoms with Crippen molar-refractivity contribution in [2.75, 3.05) is 14.2 Å². The summed E-state index contributed by atoms with van der Waals surface area (Å²) in [5.41, 5.74) is 0. The van der Waals surface area contributed by atoms with E-state index in [9.17, 15) is 0 Å². The SMILES string of the molecule is COc1cc[n+](C)cc1OC.[I-]. The highest BCUT2D eigenvalue weighted by atomic mass is 127. The number of nitrogens with zero attached hydrogens (tertiary/aromatic N) is 1. The first-order chi connectivity index (χ1) is 5.27. The van der Waals surface area contributed by atoms with Gasteiger partial charge in [0.05, 0.1) is 14.2 Å². The fourth-order valence-electron chi connectivity index (χ4n) is 0.881. The summed E-state index contributed by atoms with van der Waals surface area (Å²) >= 11 is 0. The first kappa shape index (κ1) is 11.5. The maximum absolute atomic E-state index is 5.07. The van der Waals surface area contributed by atoms with Crippen molar-refractivity contribution in [2.24, 2.45) is 7.05 Å². The molecule has 0 amide bonds. The second kappa shape index (κ2) is 5.18. The van der Waals surface area contributed by atoms with Crippen LogP contribution in [0.1, 0.15) is 0 Å². The van der Waals surface area contributed by atoms with Crippen LogP contribution in [0.25, 0.3) is 0 Å². The lowest BCUT2D eigenvalue weighted by molar-refractivity contribution is -0.671. The predicted molar refractivity (Wildman–Crippen MR) is 40.7 cm³/mol. The monoisotopic (exact) mass is 281 g/mol. The van der Waals surface area contributed by atoms with E-state index in [-0.39, 0.29) is 24.0 Å². The first-order valence-electron chi connectivity index (χ1n) is 3.35. The zero-order valence-electron chi connectivity index (χ0n) is 7.37. The molecule has 0 radical (unpaired) electrons. The van der Waals surface area contributed by atoms with Crippen molar-refractivity contribution in [1.29, 1.82) is 0 Å². The number of methoxy groups -OCH3 is 2. The van der Waals surface area contributed by atoms with Gasteiger partial charge in [-0.1, -0.05) is 0 Å². The predicted octanol–water partition coefficient (Wildman–Crippen LogP) is -2.47. The number of aryl methyl sites for hydroxylation is 1. The zero-order chi connectivity index (χ0) is 8.27. The number of ether oxygens (including phenoxy) is 2. The van der Waals surface area contributed by atoms with E-state index in [4.69, 9.17) is 9.47 Å². The molecule has 1 aromatic rings. The Hall–Kier alpha value is -0.520. The highest BCUT2D eigenvalue weighted by Crippen LogP contribution is 2.22. The van der Waals surface area contributed by atoms with Crippen molar-refractivity contribution in [3.8, 4) is 11.5 Å². The molecular formula is C8H12INO2. The van der Waals surface area contributed by atoms with Gasteiger partial charge < -0.3 is 33.5 Å². The number of rotatable bonds is 2. The molecule has 0 N–H and O–H groups in total. The van der Waals surface area contributed by atoms with E-state index in [0.29, 0.717) is 0 Å². The summed E-state index contributed by atoms with van der Waals surface area (Å²) in [6.45, 7) is 0. The lowest BCUT2D eigenvalue weighted by atomic mass is 10.4. The molecule has 4 heteroatoms. The van der Waals surface area contributed by atoms with Gasteiger partial charge in [-0.15, -0.1) is 0 Å². The Morgan fingerprint density at radius 3 is 2.25 bits per heavy atom. The Balaban J connectivity index is 0.00000121. The van der Waals surface area contributed by atoms with Gasteiger partial charge >= 0.3 is 0 Å². The van der Waals surface area contributed by atoms with Crippen molar-refractivity contribution in [1.82, 2.24) is 0 Å². The fourth-order valence-corrected chi connectivity index (χ4v) is 0.881. The minimum Gasteiger partial charge on any atom is -1.00 e. The quantitative estimate of drug-likeness (QED) is 0.443. The average Bonchev–Trinajstić information content (AvgIpc) is 2.04.